The van der Waals surface area contributed by atoms with E-state index in [-0.39, 0.29) is 0 Å². The first-order valence-electron chi connectivity index (χ1n) is 4.43. The summed E-state index contributed by atoms with van der Waals surface area (Å²) in [5.41, 5.74) is 6.25. The molecule has 0 aliphatic carbocycles. The lowest BCUT2D eigenvalue weighted by Gasteiger charge is -2.11. The van der Waals surface area contributed by atoms with E-state index in [1.807, 2.05) is 0 Å². The fourth-order valence-corrected chi connectivity index (χ4v) is 1.38. The molecule has 0 radical (unpaired) electrons. The minimum atomic E-state index is -0.820. The number of hydrogen-bond acceptors (Lipinski definition) is 3. The highest BCUT2D eigenvalue weighted by atomic mass is 35.5. The second-order valence-corrected chi connectivity index (χ2v) is 3.72. The highest BCUT2D eigenvalue weighted by Crippen LogP contribution is 2.25. The van der Waals surface area contributed by atoms with Crippen molar-refractivity contribution in [1.82, 2.24) is 0 Å². The van der Waals surface area contributed by atoms with Gasteiger partial charge in [-0.25, -0.2) is 4.79 Å². The van der Waals surface area contributed by atoms with Gasteiger partial charge < -0.3 is 10.5 Å². The average Bonchev–Trinajstić information content (AvgIpc) is 2.21. The predicted molar refractivity (Wildman–Crippen MR) is 60.0 cm³/mol. The fraction of sp³-hybridized carbons (Fsp3) is 0.300. The molecule has 1 aromatic rings. The Labute approximate surface area is 98.1 Å². The Kier molecular flexibility index (Phi) is 4.39. The molecule has 1 rings (SSSR count). The third-order valence-corrected chi connectivity index (χ3v) is 2.58. The summed E-state index contributed by atoms with van der Waals surface area (Å²) in [6.45, 7) is 2.02. The van der Waals surface area contributed by atoms with Gasteiger partial charge in [0.1, 0.15) is 6.04 Å². The molecule has 0 heterocycles. The number of ether oxygens (including phenoxy) is 1. The molecule has 1 atom stereocenters. The number of nitrogens with two attached hydrogens (primary N) is 1. The van der Waals surface area contributed by atoms with Crippen molar-refractivity contribution in [3.05, 3.63) is 33.8 Å². The van der Waals surface area contributed by atoms with Gasteiger partial charge in [0.2, 0.25) is 0 Å². The minimum Gasteiger partial charge on any atom is -0.465 e. The van der Waals surface area contributed by atoms with Crippen LogP contribution in [0.25, 0.3) is 0 Å². The summed E-state index contributed by atoms with van der Waals surface area (Å²) in [4.78, 5) is 11.3. The molecule has 0 saturated carbocycles. The van der Waals surface area contributed by atoms with Crippen LogP contribution in [-0.4, -0.2) is 12.6 Å². The Hall–Kier alpha value is -0.770. The van der Waals surface area contributed by atoms with Gasteiger partial charge in [-0.15, -0.1) is 0 Å². The summed E-state index contributed by atoms with van der Waals surface area (Å²) in [7, 11) is 0. The zero-order valence-electron chi connectivity index (χ0n) is 8.17. The van der Waals surface area contributed by atoms with Gasteiger partial charge >= 0.3 is 5.97 Å². The second kappa shape index (κ2) is 5.35. The van der Waals surface area contributed by atoms with Gasteiger partial charge in [0.15, 0.2) is 0 Å². The third-order valence-electron chi connectivity index (χ3n) is 1.84. The summed E-state index contributed by atoms with van der Waals surface area (Å²) in [5.74, 6) is -0.476. The van der Waals surface area contributed by atoms with Crippen molar-refractivity contribution in [3.8, 4) is 0 Å². The van der Waals surface area contributed by atoms with Crippen LogP contribution in [0.3, 0.4) is 0 Å². The molecule has 0 spiro atoms. The van der Waals surface area contributed by atoms with Gasteiger partial charge in [-0.2, -0.15) is 0 Å². The van der Waals surface area contributed by atoms with Crippen LogP contribution in [0.4, 0.5) is 0 Å². The topological polar surface area (TPSA) is 52.3 Å². The minimum absolute atomic E-state index is 0.299. The molecule has 1 unspecified atom stereocenters. The number of esters is 1. The molecule has 0 amide bonds. The Morgan fingerprint density at radius 2 is 2.13 bits per heavy atom. The lowest BCUT2D eigenvalue weighted by Crippen LogP contribution is -2.23. The van der Waals surface area contributed by atoms with E-state index in [0.29, 0.717) is 22.2 Å². The number of halogens is 2. The average molecular weight is 248 g/mol. The number of benzene rings is 1. The molecule has 5 heteroatoms. The zero-order valence-corrected chi connectivity index (χ0v) is 9.68. The maximum Gasteiger partial charge on any atom is 0.327 e. The molecule has 3 nitrogen and oxygen atoms in total. The van der Waals surface area contributed by atoms with E-state index in [4.69, 9.17) is 33.7 Å². The van der Waals surface area contributed by atoms with Crippen molar-refractivity contribution >= 4 is 29.2 Å². The van der Waals surface area contributed by atoms with E-state index < -0.39 is 12.0 Å². The molecule has 1 aromatic carbocycles. The molecular formula is C10H11Cl2NO2. The number of carbonyl (C=O) groups excluding carboxylic acids is 1. The summed E-state index contributed by atoms with van der Waals surface area (Å²) < 4.78 is 4.79. The Morgan fingerprint density at radius 1 is 1.47 bits per heavy atom. The summed E-state index contributed by atoms with van der Waals surface area (Å²) in [5, 5.41) is 0.797. The smallest absolute Gasteiger partial charge is 0.327 e. The zero-order chi connectivity index (χ0) is 11.4. The number of rotatable bonds is 3. The molecule has 0 aromatic heterocycles. The van der Waals surface area contributed by atoms with Crippen LogP contribution < -0.4 is 5.73 Å². The van der Waals surface area contributed by atoms with Crippen molar-refractivity contribution in [2.75, 3.05) is 6.61 Å². The van der Waals surface area contributed by atoms with Crippen LogP contribution in [0.15, 0.2) is 18.2 Å². The van der Waals surface area contributed by atoms with Gasteiger partial charge in [-0.3, -0.25) is 0 Å². The van der Waals surface area contributed by atoms with Crippen molar-refractivity contribution in [3.63, 3.8) is 0 Å². The first-order chi connectivity index (χ1) is 7.06. The number of hydrogen-bond donors (Lipinski definition) is 1. The van der Waals surface area contributed by atoms with E-state index in [2.05, 4.69) is 0 Å². The Morgan fingerprint density at radius 3 is 2.67 bits per heavy atom. The van der Waals surface area contributed by atoms with Crippen molar-refractivity contribution in [2.24, 2.45) is 5.73 Å². The predicted octanol–water partition coefficient (Wildman–Crippen LogP) is 2.56. The molecule has 15 heavy (non-hydrogen) atoms. The largest absolute Gasteiger partial charge is 0.465 e. The van der Waals surface area contributed by atoms with Crippen LogP contribution in [0.1, 0.15) is 18.5 Å². The molecule has 82 valence electrons. The lowest BCUT2D eigenvalue weighted by atomic mass is 10.1. The van der Waals surface area contributed by atoms with Crippen molar-refractivity contribution < 1.29 is 9.53 Å². The highest BCUT2D eigenvalue weighted by Gasteiger charge is 2.17. The molecule has 0 fully saturated rings. The van der Waals surface area contributed by atoms with Crippen molar-refractivity contribution in [1.29, 1.82) is 0 Å². The molecular weight excluding hydrogens is 237 g/mol. The lowest BCUT2D eigenvalue weighted by molar-refractivity contribution is -0.144. The first-order valence-corrected chi connectivity index (χ1v) is 5.19. The maximum atomic E-state index is 11.3. The molecule has 0 saturated heterocycles. The standard InChI is InChI=1S/C10H11Cl2NO2/c1-2-15-10(14)9(13)6-3-4-7(11)8(12)5-6/h3-5,9H,2,13H2,1H3. The number of carbonyl (C=O) groups is 1. The Bertz CT molecular complexity index is 368. The summed E-state index contributed by atoms with van der Waals surface area (Å²) >= 11 is 11.5. The summed E-state index contributed by atoms with van der Waals surface area (Å²) in [6, 6.07) is 3.99. The second-order valence-electron chi connectivity index (χ2n) is 2.90. The third kappa shape index (κ3) is 3.09. The van der Waals surface area contributed by atoms with E-state index >= 15 is 0 Å². The van der Waals surface area contributed by atoms with E-state index in [9.17, 15) is 4.79 Å². The van der Waals surface area contributed by atoms with Crippen LogP contribution in [-0.2, 0) is 9.53 Å². The molecule has 0 bridgehead atoms. The molecule has 2 N–H and O–H groups in total. The van der Waals surface area contributed by atoms with E-state index in [1.54, 1.807) is 25.1 Å². The fourth-order valence-electron chi connectivity index (χ4n) is 1.07. The first kappa shape index (κ1) is 12.3. The Balaban J connectivity index is 2.86. The van der Waals surface area contributed by atoms with Gasteiger partial charge in [-0.05, 0) is 24.6 Å². The van der Waals surface area contributed by atoms with Gasteiger partial charge in [-0.1, -0.05) is 29.3 Å². The van der Waals surface area contributed by atoms with Crippen LogP contribution in [0.5, 0.6) is 0 Å². The van der Waals surface area contributed by atoms with Gasteiger partial charge in [0, 0.05) is 0 Å². The SMILES string of the molecule is CCOC(=O)C(N)c1ccc(Cl)c(Cl)c1. The summed E-state index contributed by atoms with van der Waals surface area (Å²) in [6.07, 6.45) is 0. The van der Waals surface area contributed by atoms with Crippen molar-refractivity contribution in [2.45, 2.75) is 13.0 Å². The van der Waals surface area contributed by atoms with Crippen LogP contribution in [0.2, 0.25) is 10.0 Å². The van der Waals surface area contributed by atoms with Crippen LogP contribution >= 0.6 is 23.2 Å². The van der Waals surface area contributed by atoms with E-state index in [1.165, 1.54) is 0 Å². The molecule has 0 aliphatic rings. The molecule has 0 aliphatic heterocycles. The quantitative estimate of drug-likeness (QED) is 0.836. The highest BCUT2D eigenvalue weighted by molar-refractivity contribution is 6.42. The van der Waals surface area contributed by atoms with E-state index in [0.717, 1.165) is 0 Å². The maximum absolute atomic E-state index is 11.3. The van der Waals surface area contributed by atoms with Crippen LogP contribution in [0, 0.1) is 0 Å². The normalized spacial score (nSPS) is 12.3. The van der Waals surface area contributed by atoms with Gasteiger partial charge in [0.05, 0.1) is 16.7 Å². The monoisotopic (exact) mass is 247 g/mol. The van der Waals surface area contributed by atoms with Gasteiger partial charge in [0.25, 0.3) is 0 Å².